The Morgan fingerprint density at radius 3 is 2.88 bits per heavy atom. The van der Waals surface area contributed by atoms with E-state index in [4.69, 9.17) is 14.2 Å². The summed E-state index contributed by atoms with van der Waals surface area (Å²) in [6.07, 6.45) is 3.55. The largest absolute Gasteiger partial charge is 0.488 e. The number of ether oxygens (including phenoxy) is 3. The van der Waals surface area contributed by atoms with Gasteiger partial charge in [-0.25, -0.2) is 0 Å². The molecule has 0 amide bonds. The zero-order valence-electron chi connectivity index (χ0n) is 14.8. The number of H-pyrrole nitrogens is 1. The molecule has 1 aliphatic heterocycles. The van der Waals surface area contributed by atoms with Crippen LogP contribution in [-0.2, 0) is 9.47 Å². The predicted molar refractivity (Wildman–Crippen MR) is 102 cm³/mol. The number of nitrogens with zero attached hydrogens (tertiary/aromatic N) is 2. The fourth-order valence-electron chi connectivity index (χ4n) is 2.99. The molecule has 1 aromatic carbocycles. The van der Waals surface area contributed by atoms with E-state index >= 15 is 0 Å². The summed E-state index contributed by atoms with van der Waals surface area (Å²) >= 11 is 0. The van der Waals surface area contributed by atoms with E-state index in [2.05, 4.69) is 21.2 Å². The van der Waals surface area contributed by atoms with E-state index in [1.807, 2.05) is 44.4 Å². The summed E-state index contributed by atoms with van der Waals surface area (Å²) < 4.78 is 17.5. The minimum Gasteiger partial charge on any atom is -0.488 e. The summed E-state index contributed by atoms with van der Waals surface area (Å²) in [7, 11) is 0. The maximum absolute atomic E-state index is 5.97. The maximum atomic E-state index is 5.97. The van der Waals surface area contributed by atoms with Gasteiger partial charge in [0, 0.05) is 23.3 Å². The second kappa shape index (κ2) is 8.03. The minimum atomic E-state index is -0.0596. The number of halogens is 1. The van der Waals surface area contributed by atoms with Crippen molar-refractivity contribution in [1.29, 1.82) is 0 Å². The summed E-state index contributed by atoms with van der Waals surface area (Å²) in [4.78, 5) is 4.37. The quantitative estimate of drug-likeness (QED) is 0.644. The predicted octanol–water partition coefficient (Wildman–Crippen LogP) is 3.92. The first-order valence-corrected chi connectivity index (χ1v) is 8.50. The zero-order valence-corrected chi connectivity index (χ0v) is 15.6. The summed E-state index contributed by atoms with van der Waals surface area (Å²) in [5, 5.41) is 8.56. The third kappa shape index (κ3) is 3.82. The molecule has 4 bridgehead atoms. The Kier molecular flexibility index (Phi) is 5.76. The van der Waals surface area contributed by atoms with Crippen LogP contribution in [0.15, 0.2) is 36.7 Å². The number of benzene rings is 1. The van der Waals surface area contributed by atoms with E-state index < -0.39 is 0 Å². The van der Waals surface area contributed by atoms with Crippen LogP contribution in [0.1, 0.15) is 25.5 Å². The normalized spacial score (nSPS) is 20.7. The Hall–Kier alpha value is -2.15. The van der Waals surface area contributed by atoms with Gasteiger partial charge in [0.2, 0.25) is 0 Å². The number of hydrogen-bond acceptors (Lipinski definition) is 5. The summed E-state index contributed by atoms with van der Waals surface area (Å²) in [6, 6.07) is 8.01. The Balaban J connectivity index is 0.00000196. The Labute approximate surface area is 158 Å². The smallest absolute Gasteiger partial charge is 0.120 e. The van der Waals surface area contributed by atoms with E-state index in [9.17, 15) is 0 Å². The molecule has 26 heavy (non-hydrogen) atoms. The van der Waals surface area contributed by atoms with Crippen LogP contribution in [-0.4, -0.2) is 41.1 Å². The zero-order chi connectivity index (χ0) is 17.2. The van der Waals surface area contributed by atoms with Crippen molar-refractivity contribution in [2.24, 2.45) is 0 Å². The molecule has 2 aromatic heterocycles. The van der Waals surface area contributed by atoms with Gasteiger partial charge in [-0.3, -0.25) is 10.1 Å². The lowest BCUT2D eigenvalue weighted by molar-refractivity contribution is -0.00706. The number of pyridine rings is 1. The van der Waals surface area contributed by atoms with Crippen molar-refractivity contribution >= 4 is 23.3 Å². The highest BCUT2D eigenvalue weighted by Gasteiger charge is 2.14. The third-order valence-corrected chi connectivity index (χ3v) is 4.32. The average molecular weight is 376 g/mol. The standard InChI is InChI=1S/C19H21N3O3.ClH/c1-12-11-23-5-6-24-13(2)14-7-15(10-20-9-14)19-17-8-16(25-12)3-4-18(17)21-22-19;/h3-4,7-10,12-13H,5-6,11H2,1-2H3,(H,21,22);1H/t12-,13-;/m1./s1. The van der Waals surface area contributed by atoms with Crippen molar-refractivity contribution in [3.05, 3.63) is 42.2 Å². The number of aromatic amines is 1. The fourth-order valence-corrected chi connectivity index (χ4v) is 2.99. The molecule has 0 spiro atoms. The fraction of sp³-hybridized carbons (Fsp3) is 0.368. The first-order valence-electron chi connectivity index (χ1n) is 8.50. The van der Waals surface area contributed by atoms with Crippen molar-refractivity contribution in [3.63, 3.8) is 0 Å². The number of aromatic nitrogens is 3. The van der Waals surface area contributed by atoms with Gasteiger partial charge in [0.25, 0.3) is 0 Å². The molecule has 2 atom stereocenters. The second-order valence-electron chi connectivity index (χ2n) is 6.30. The molecule has 0 aliphatic carbocycles. The van der Waals surface area contributed by atoms with Crippen LogP contribution in [0.3, 0.4) is 0 Å². The van der Waals surface area contributed by atoms with Gasteiger partial charge < -0.3 is 14.2 Å². The summed E-state index contributed by atoms with van der Waals surface area (Å²) in [5.74, 6) is 0.801. The van der Waals surface area contributed by atoms with Crippen LogP contribution in [0, 0.1) is 0 Å². The molecule has 1 aliphatic rings. The van der Waals surface area contributed by atoms with E-state index in [1.165, 1.54) is 0 Å². The van der Waals surface area contributed by atoms with Crippen LogP contribution < -0.4 is 4.74 Å². The second-order valence-corrected chi connectivity index (χ2v) is 6.30. The van der Waals surface area contributed by atoms with Gasteiger partial charge in [-0.05, 0) is 43.7 Å². The van der Waals surface area contributed by atoms with Gasteiger partial charge in [0.15, 0.2) is 0 Å². The van der Waals surface area contributed by atoms with Gasteiger partial charge in [-0.15, -0.1) is 12.4 Å². The summed E-state index contributed by atoms with van der Waals surface area (Å²) in [6.45, 7) is 5.59. The Morgan fingerprint density at radius 1 is 1.12 bits per heavy atom. The van der Waals surface area contributed by atoms with E-state index in [-0.39, 0.29) is 24.6 Å². The van der Waals surface area contributed by atoms with Gasteiger partial charge in [-0.2, -0.15) is 5.10 Å². The molecule has 138 valence electrons. The van der Waals surface area contributed by atoms with E-state index in [0.29, 0.717) is 19.8 Å². The number of rotatable bonds is 0. The lowest BCUT2D eigenvalue weighted by Gasteiger charge is -2.16. The third-order valence-electron chi connectivity index (χ3n) is 4.32. The number of nitrogens with one attached hydrogen (secondary N) is 1. The summed E-state index contributed by atoms with van der Waals surface area (Å²) in [5.41, 5.74) is 3.80. The van der Waals surface area contributed by atoms with Crippen LogP contribution >= 0.6 is 12.4 Å². The highest BCUT2D eigenvalue weighted by molar-refractivity contribution is 5.93. The molecule has 3 heterocycles. The lowest BCUT2D eigenvalue weighted by atomic mass is 10.1. The molecule has 0 unspecified atom stereocenters. The van der Waals surface area contributed by atoms with Gasteiger partial charge in [-0.1, -0.05) is 0 Å². The van der Waals surface area contributed by atoms with Gasteiger partial charge >= 0.3 is 0 Å². The molecule has 0 saturated carbocycles. The molecule has 3 aromatic rings. The van der Waals surface area contributed by atoms with Crippen molar-refractivity contribution in [1.82, 2.24) is 15.2 Å². The van der Waals surface area contributed by atoms with Crippen molar-refractivity contribution in [2.75, 3.05) is 19.8 Å². The molecular weight excluding hydrogens is 354 g/mol. The van der Waals surface area contributed by atoms with E-state index in [1.54, 1.807) is 0 Å². The van der Waals surface area contributed by atoms with Crippen molar-refractivity contribution in [2.45, 2.75) is 26.1 Å². The molecule has 0 saturated heterocycles. The van der Waals surface area contributed by atoms with Crippen LogP contribution in [0.4, 0.5) is 0 Å². The molecule has 0 radical (unpaired) electrons. The van der Waals surface area contributed by atoms with Crippen LogP contribution in [0.2, 0.25) is 0 Å². The Morgan fingerprint density at radius 2 is 2.00 bits per heavy atom. The lowest BCUT2D eigenvalue weighted by Crippen LogP contribution is -2.20. The Bertz CT molecular complexity index is 883. The van der Waals surface area contributed by atoms with Gasteiger partial charge in [0.05, 0.1) is 31.4 Å². The first kappa shape index (κ1) is 18.6. The maximum Gasteiger partial charge on any atom is 0.120 e. The minimum absolute atomic E-state index is 0. The first-order chi connectivity index (χ1) is 12.2. The van der Waals surface area contributed by atoms with E-state index in [0.717, 1.165) is 33.5 Å². The molecule has 7 heteroatoms. The average Bonchev–Trinajstić information content (AvgIpc) is 3.04. The SMILES string of the molecule is C[C@@H]1COCCO[C@H](C)c2cncc(c2)-c2n[nH]c3ccc(cc23)O1.Cl. The van der Waals surface area contributed by atoms with Crippen LogP contribution in [0.25, 0.3) is 22.2 Å². The van der Waals surface area contributed by atoms with Crippen molar-refractivity contribution in [3.8, 4) is 17.0 Å². The topological polar surface area (TPSA) is 69.3 Å². The molecule has 4 rings (SSSR count). The monoisotopic (exact) mass is 375 g/mol. The molecule has 6 nitrogen and oxygen atoms in total. The molecule has 0 fully saturated rings. The highest BCUT2D eigenvalue weighted by atomic mass is 35.5. The molecule has 1 N–H and O–H groups in total. The highest BCUT2D eigenvalue weighted by Crippen LogP contribution is 2.31. The number of fused-ring (bicyclic) bond motifs is 4. The van der Waals surface area contributed by atoms with Crippen LogP contribution in [0.5, 0.6) is 5.75 Å². The number of hydrogen-bond donors (Lipinski definition) is 1. The van der Waals surface area contributed by atoms with Crippen molar-refractivity contribution < 1.29 is 14.2 Å². The molecular formula is C19H22ClN3O3. The van der Waals surface area contributed by atoms with Gasteiger partial charge in [0.1, 0.15) is 17.5 Å².